The first kappa shape index (κ1) is 11.4. The van der Waals surface area contributed by atoms with Gasteiger partial charge in [0.1, 0.15) is 5.58 Å². The maximum absolute atomic E-state index is 8.86. The molecule has 0 aliphatic rings. The molecule has 0 spiro atoms. The molecule has 0 bridgehead atoms. The van der Waals surface area contributed by atoms with E-state index in [-0.39, 0.29) is 0 Å². The van der Waals surface area contributed by atoms with Gasteiger partial charge in [-0.05, 0) is 24.3 Å². The number of anilines is 1. The molecule has 0 fully saturated rings. The van der Waals surface area contributed by atoms with Gasteiger partial charge >= 0.3 is 0 Å². The lowest BCUT2D eigenvalue weighted by Gasteiger charge is -2.05. The van der Waals surface area contributed by atoms with Crippen LogP contribution in [0.15, 0.2) is 59.2 Å². The summed E-state index contributed by atoms with van der Waals surface area (Å²) < 4.78 is 5.49. The van der Waals surface area contributed by atoms with E-state index >= 15 is 0 Å². The van der Waals surface area contributed by atoms with Crippen LogP contribution in [0.1, 0.15) is 11.1 Å². The van der Waals surface area contributed by atoms with E-state index in [1.807, 2.05) is 42.5 Å². The van der Waals surface area contributed by atoms with Crippen molar-refractivity contribution < 1.29 is 4.42 Å². The van der Waals surface area contributed by atoms with E-state index in [0.717, 1.165) is 22.2 Å². The number of rotatable bonds is 3. The van der Waals surface area contributed by atoms with Crippen LogP contribution in [-0.2, 0) is 6.54 Å². The number of furan rings is 1. The van der Waals surface area contributed by atoms with E-state index in [4.69, 9.17) is 9.68 Å². The largest absolute Gasteiger partial charge is 0.464 e. The highest BCUT2D eigenvalue weighted by molar-refractivity contribution is 5.81. The molecule has 2 aromatic carbocycles. The monoisotopic (exact) mass is 248 g/mol. The fourth-order valence-electron chi connectivity index (χ4n) is 2.07. The summed E-state index contributed by atoms with van der Waals surface area (Å²) in [6.07, 6.45) is 1.77. The van der Waals surface area contributed by atoms with Gasteiger partial charge in [0.15, 0.2) is 0 Å². The van der Waals surface area contributed by atoms with Crippen molar-refractivity contribution in [3.63, 3.8) is 0 Å². The lowest BCUT2D eigenvalue weighted by atomic mass is 10.1. The maximum Gasteiger partial charge on any atom is 0.134 e. The van der Waals surface area contributed by atoms with Crippen LogP contribution in [0.25, 0.3) is 11.0 Å². The molecular formula is C16H12N2O. The van der Waals surface area contributed by atoms with Crippen molar-refractivity contribution in [2.24, 2.45) is 0 Å². The molecule has 0 radical (unpaired) electrons. The number of fused-ring (bicyclic) bond motifs is 1. The highest BCUT2D eigenvalue weighted by atomic mass is 16.3. The Morgan fingerprint density at radius 3 is 2.89 bits per heavy atom. The molecule has 19 heavy (non-hydrogen) atoms. The first-order valence-corrected chi connectivity index (χ1v) is 6.06. The van der Waals surface area contributed by atoms with Crippen molar-refractivity contribution in [2.45, 2.75) is 6.54 Å². The molecule has 1 aromatic heterocycles. The summed E-state index contributed by atoms with van der Waals surface area (Å²) in [7, 11) is 0. The SMILES string of the molecule is N#Cc1cccc(NCc2coc3ccccc23)c1. The van der Waals surface area contributed by atoms with Gasteiger partial charge in [0.05, 0.1) is 17.9 Å². The van der Waals surface area contributed by atoms with Crippen LogP contribution in [0.5, 0.6) is 0 Å². The minimum atomic E-state index is 0.655. The molecule has 3 nitrogen and oxygen atoms in total. The second-order valence-electron chi connectivity index (χ2n) is 4.30. The Bertz CT molecular complexity index is 753. The summed E-state index contributed by atoms with van der Waals surface area (Å²) in [5.41, 5.74) is 3.59. The predicted octanol–water partition coefficient (Wildman–Crippen LogP) is 3.92. The van der Waals surface area contributed by atoms with Crippen molar-refractivity contribution in [1.82, 2.24) is 0 Å². The smallest absolute Gasteiger partial charge is 0.134 e. The van der Waals surface area contributed by atoms with E-state index in [1.54, 1.807) is 12.3 Å². The number of nitriles is 1. The standard InChI is InChI=1S/C16H12N2O/c17-9-12-4-3-5-14(8-12)18-10-13-11-19-16-7-2-1-6-15(13)16/h1-8,11,18H,10H2. The molecule has 0 unspecified atom stereocenters. The van der Waals surface area contributed by atoms with Crippen LogP contribution in [-0.4, -0.2) is 0 Å². The van der Waals surface area contributed by atoms with Crippen molar-refractivity contribution in [2.75, 3.05) is 5.32 Å². The molecule has 1 heterocycles. The van der Waals surface area contributed by atoms with Gasteiger partial charge < -0.3 is 9.73 Å². The summed E-state index contributed by atoms with van der Waals surface area (Å²) in [4.78, 5) is 0. The number of nitrogens with one attached hydrogen (secondary N) is 1. The van der Waals surface area contributed by atoms with Crippen LogP contribution in [0.4, 0.5) is 5.69 Å². The Balaban J connectivity index is 1.81. The minimum absolute atomic E-state index is 0.655. The Labute approximate surface area is 111 Å². The first-order valence-electron chi connectivity index (χ1n) is 6.06. The lowest BCUT2D eigenvalue weighted by Crippen LogP contribution is -1.98. The third-order valence-corrected chi connectivity index (χ3v) is 3.04. The second kappa shape index (κ2) is 4.87. The zero-order valence-corrected chi connectivity index (χ0v) is 10.3. The molecular weight excluding hydrogens is 236 g/mol. The van der Waals surface area contributed by atoms with Crippen molar-refractivity contribution in [1.29, 1.82) is 5.26 Å². The van der Waals surface area contributed by atoms with Gasteiger partial charge in [0.2, 0.25) is 0 Å². The average Bonchev–Trinajstić information content (AvgIpc) is 2.89. The molecule has 0 atom stereocenters. The third kappa shape index (κ3) is 2.29. The van der Waals surface area contributed by atoms with Crippen LogP contribution < -0.4 is 5.32 Å². The van der Waals surface area contributed by atoms with Gasteiger partial charge in [0.25, 0.3) is 0 Å². The van der Waals surface area contributed by atoms with Gasteiger partial charge in [-0.25, -0.2) is 0 Å². The molecule has 3 aromatic rings. The molecule has 0 amide bonds. The number of hydrogen-bond donors (Lipinski definition) is 1. The fourth-order valence-corrected chi connectivity index (χ4v) is 2.07. The summed E-state index contributed by atoms with van der Waals surface area (Å²) in [5, 5.41) is 13.3. The molecule has 92 valence electrons. The Kier molecular flexibility index (Phi) is 2.91. The Morgan fingerprint density at radius 1 is 1.11 bits per heavy atom. The fraction of sp³-hybridized carbons (Fsp3) is 0.0625. The highest BCUT2D eigenvalue weighted by Crippen LogP contribution is 2.21. The van der Waals surface area contributed by atoms with E-state index < -0.39 is 0 Å². The van der Waals surface area contributed by atoms with Gasteiger partial charge in [-0.3, -0.25) is 0 Å². The van der Waals surface area contributed by atoms with Gasteiger partial charge in [-0.1, -0.05) is 24.3 Å². The van der Waals surface area contributed by atoms with Crippen LogP contribution in [0.2, 0.25) is 0 Å². The minimum Gasteiger partial charge on any atom is -0.464 e. The molecule has 0 saturated heterocycles. The maximum atomic E-state index is 8.86. The summed E-state index contributed by atoms with van der Waals surface area (Å²) >= 11 is 0. The van der Waals surface area contributed by atoms with Gasteiger partial charge in [-0.15, -0.1) is 0 Å². The van der Waals surface area contributed by atoms with Crippen molar-refractivity contribution in [3.05, 3.63) is 65.9 Å². The van der Waals surface area contributed by atoms with Gasteiger partial charge in [0, 0.05) is 23.2 Å². The van der Waals surface area contributed by atoms with Crippen LogP contribution >= 0.6 is 0 Å². The average molecular weight is 248 g/mol. The van der Waals surface area contributed by atoms with Crippen LogP contribution in [0, 0.1) is 11.3 Å². The van der Waals surface area contributed by atoms with E-state index in [1.165, 1.54) is 0 Å². The Morgan fingerprint density at radius 2 is 2.00 bits per heavy atom. The second-order valence-corrected chi connectivity index (χ2v) is 4.30. The normalized spacial score (nSPS) is 10.3. The highest BCUT2D eigenvalue weighted by Gasteiger charge is 2.04. The quantitative estimate of drug-likeness (QED) is 0.764. The first-order chi connectivity index (χ1) is 9.36. The number of nitrogens with zero attached hydrogens (tertiary/aromatic N) is 1. The molecule has 0 saturated carbocycles. The topological polar surface area (TPSA) is 49.0 Å². The number of benzene rings is 2. The van der Waals surface area contributed by atoms with E-state index in [2.05, 4.69) is 11.4 Å². The van der Waals surface area contributed by atoms with Crippen molar-refractivity contribution in [3.8, 4) is 6.07 Å². The van der Waals surface area contributed by atoms with Crippen LogP contribution in [0.3, 0.4) is 0 Å². The van der Waals surface area contributed by atoms with Gasteiger partial charge in [-0.2, -0.15) is 5.26 Å². The van der Waals surface area contributed by atoms with Crippen molar-refractivity contribution >= 4 is 16.7 Å². The number of hydrogen-bond acceptors (Lipinski definition) is 3. The lowest BCUT2D eigenvalue weighted by molar-refractivity contribution is 0.611. The third-order valence-electron chi connectivity index (χ3n) is 3.04. The van der Waals surface area contributed by atoms with E-state index in [0.29, 0.717) is 12.1 Å². The molecule has 3 heteroatoms. The molecule has 0 aliphatic heterocycles. The summed E-state index contributed by atoms with van der Waals surface area (Å²) in [5.74, 6) is 0. The van der Waals surface area contributed by atoms with E-state index in [9.17, 15) is 0 Å². The molecule has 0 aliphatic carbocycles. The zero-order chi connectivity index (χ0) is 13.1. The Hall–Kier alpha value is -2.73. The molecule has 1 N–H and O–H groups in total. The molecule has 3 rings (SSSR count). The predicted molar refractivity (Wildman–Crippen MR) is 74.7 cm³/mol. The summed E-state index contributed by atoms with van der Waals surface area (Å²) in [6.45, 7) is 0.673. The number of para-hydroxylation sites is 1. The zero-order valence-electron chi connectivity index (χ0n) is 10.3. The summed E-state index contributed by atoms with van der Waals surface area (Å²) in [6, 6.07) is 17.5.